The van der Waals surface area contributed by atoms with Gasteiger partial charge in [0, 0.05) is 18.7 Å². The number of carboxylic acid groups (broad SMARTS) is 1. The van der Waals surface area contributed by atoms with Gasteiger partial charge >= 0.3 is 12.2 Å². The third-order valence-corrected chi connectivity index (χ3v) is 6.74. The zero-order chi connectivity index (χ0) is 26.9. The van der Waals surface area contributed by atoms with E-state index >= 15 is 0 Å². The van der Waals surface area contributed by atoms with E-state index < -0.39 is 11.7 Å². The summed E-state index contributed by atoms with van der Waals surface area (Å²) in [5, 5.41) is 9.40. The van der Waals surface area contributed by atoms with E-state index in [4.69, 9.17) is 4.74 Å². The molecule has 2 aliphatic rings. The quantitative estimate of drug-likeness (QED) is 0.416. The Morgan fingerprint density at radius 2 is 1.58 bits per heavy atom. The number of ether oxygens (including phenoxy) is 1. The first kappa shape index (κ1) is 25.4. The van der Waals surface area contributed by atoms with Gasteiger partial charge in [-0.2, -0.15) is 0 Å². The molecule has 3 aromatic rings. The highest BCUT2D eigenvalue weighted by molar-refractivity contribution is 5.69. The molecule has 0 bridgehead atoms. The van der Waals surface area contributed by atoms with Crippen LogP contribution in [0.2, 0.25) is 0 Å². The predicted octanol–water partition coefficient (Wildman–Crippen LogP) is 5.09. The fourth-order valence-corrected chi connectivity index (χ4v) is 4.96. The van der Waals surface area contributed by atoms with Crippen LogP contribution in [0.5, 0.6) is 0 Å². The number of likely N-dealkylation sites (tertiary alicyclic amines) is 2. The van der Waals surface area contributed by atoms with Gasteiger partial charge in [0.25, 0.3) is 0 Å². The number of nitrogens with zero attached hydrogens (tertiary/aromatic N) is 4. The summed E-state index contributed by atoms with van der Waals surface area (Å²) in [7, 11) is 0. The second kappa shape index (κ2) is 10.2. The molecule has 2 fully saturated rings. The molecule has 0 radical (unpaired) electrons. The maximum Gasteiger partial charge on any atom is 0.410 e. The molecule has 0 saturated carbocycles. The number of carbonyl (C=O) groups excluding carboxylic acids is 1. The molecular weight excluding hydrogens is 484 g/mol. The van der Waals surface area contributed by atoms with Gasteiger partial charge in [-0.15, -0.1) is 0 Å². The highest BCUT2D eigenvalue weighted by Crippen LogP contribution is 2.32. The minimum absolute atomic E-state index is 0.147. The van der Waals surface area contributed by atoms with Crippen LogP contribution in [-0.4, -0.2) is 65.7 Å². The monoisotopic (exact) mass is 516 g/mol. The van der Waals surface area contributed by atoms with Crippen LogP contribution >= 0.6 is 0 Å². The molecule has 1 aromatic carbocycles. The average molecular weight is 517 g/mol. The summed E-state index contributed by atoms with van der Waals surface area (Å²) in [4.78, 5) is 42.7. The first-order chi connectivity index (χ1) is 18.2. The smallest absolute Gasteiger partial charge is 0.410 e. The van der Waals surface area contributed by atoms with Crippen LogP contribution in [0.1, 0.15) is 81.4 Å². The summed E-state index contributed by atoms with van der Waals surface area (Å²) < 4.78 is 5.55. The fraction of sp³-hybridized carbons (Fsp3) is 0.429. The molecule has 198 valence electrons. The lowest BCUT2D eigenvalue weighted by Gasteiger charge is -2.27. The van der Waals surface area contributed by atoms with E-state index in [0.29, 0.717) is 30.4 Å². The number of aromatic amines is 2. The topological polar surface area (TPSA) is 127 Å². The highest BCUT2D eigenvalue weighted by Gasteiger charge is 2.35. The largest absolute Gasteiger partial charge is 0.465 e. The lowest BCUT2D eigenvalue weighted by Crippen LogP contribution is -2.36. The van der Waals surface area contributed by atoms with E-state index in [1.54, 1.807) is 17.3 Å². The first-order valence-corrected chi connectivity index (χ1v) is 12.9. The van der Waals surface area contributed by atoms with Gasteiger partial charge in [-0.05, 0) is 70.1 Å². The maximum atomic E-state index is 12.6. The van der Waals surface area contributed by atoms with Crippen molar-refractivity contribution in [2.24, 2.45) is 0 Å². The summed E-state index contributed by atoms with van der Waals surface area (Å²) in [6.07, 6.45) is 5.52. The molecule has 3 N–H and O–H groups in total. The molecule has 4 heterocycles. The molecule has 2 amide bonds. The number of H-pyrrole nitrogens is 2. The number of hydrogen-bond donors (Lipinski definition) is 3. The molecule has 0 aliphatic carbocycles. The number of amides is 2. The molecule has 0 spiro atoms. The molecule has 2 aliphatic heterocycles. The van der Waals surface area contributed by atoms with Crippen LogP contribution in [0.15, 0.2) is 36.7 Å². The summed E-state index contributed by atoms with van der Waals surface area (Å²) >= 11 is 0. The molecule has 2 atom stereocenters. The van der Waals surface area contributed by atoms with Crippen molar-refractivity contribution in [3.05, 3.63) is 59.6 Å². The molecule has 2 saturated heterocycles. The fourth-order valence-electron chi connectivity index (χ4n) is 4.96. The Hall–Kier alpha value is -4.26. The number of carbonyl (C=O) groups is 2. The van der Waals surface area contributed by atoms with Crippen LogP contribution in [-0.2, 0) is 4.74 Å². The van der Waals surface area contributed by atoms with Crippen molar-refractivity contribution in [3.63, 3.8) is 0 Å². The minimum Gasteiger partial charge on any atom is -0.465 e. The average Bonchev–Trinajstić information content (AvgIpc) is 3.66. The zero-order valence-corrected chi connectivity index (χ0v) is 21.8. The SMILES string of the molecule is CC(C)(C)OC(=O)N1CCC[C@H]1c1ncc(C#Cc2ccc(-c3cnc(C4CCCN4C(=O)O)[nH]3)cc2)[nH]1. The number of rotatable bonds is 3. The third-order valence-electron chi connectivity index (χ3n) is 6.74. The molecule has 2 aromatic heterocycles. The number of nitrogens with one attached hydrogen (secondary N) is 2. The van der Waals surface area contributed by atoms with Crippen molar-refractivity contribution in [1.29, 1.82) is 0 Å². The van der Waals surface area contributed by atoms with Crippen LogP contribution in [0.25, 0.3) is 11.3 Å². The van der Waals surface area contributed by atoms with E-state index in [0.717, 1.165) is 42.5 Å². The lowest BCUT2D eigenvalue weighted by atomic mass is 10.1. The van der Waals surface area contributed by atoms with E-state index in [1.165, 1.54) is 4.90 Å². The molecule has 38 heavy (non-hydrogen) atoms. The summed E-state index contributed by atoms with van der Waals surface area (Å²) in [6, 6.07) is 7.40. The van der Waals surface area contributed by atoms with Crippen LogP contribution in [0.4, 0.5) is 9.59 Å². The van der Waals surface area contributed by atoms with Gasteiger partial charge in [0.2, 0.25) is 0 Å². The molecule has 5 rings (SSSR count). The normalized spacial score (nSPS) is 19.3. The van der Waals surface area contributed by atoms with Gasteiger partial charge in [-0.3, -0.25) is 9.80 Å². The Kier molecular flexibility index (Phi) is 6.85. The van der Waals surface area contributed by atoms with Crippen LogP contribution < -0.4 is 0 Å². The van der Waals surface area contributed by atoms with Crippen molar-refractivity contribution in [3.8, 4) is 23.1 Å². The highest BCUT2D eigenvalue weighted by atomic mass is 16.6. The lowest BCUT2D eigenvalue weighted by molar-refractivity contribution is 0.0218. The van der Waals surface area contributed by atoms with Crippen molar-refractivity contribution in [1.82, 2.24) is 29.7 Å². The Labute approximate surface area is 221 Å². The van der Waals surface area contributed by atoms with E-state index in [-0.39, 0.29) is 18.2 Å². The summed E-state index contributed by atoms with van der Waals surface area (Å²) in [6.45, 7) is 6.76. The molecule has 10 nitrogen and oxygen atoms in total. The van der Waals surface area contributed by atoms with Gasteiger partial charge in [0.15, 0.2) is 0 Å². The molecule has 10 heteroatoms. The van der Waals surface area contributed by atoms with Crippen LogP contribution in [0, 0.1) is 11.8 Å². The second-order valence-electron chi connectivity index (χ2n) is 10.7. The van der Waals surface area contributed by atoms with Crippen molar-refractivity contribution >= 4 is 12.2 Å². The number of aromatic nitrogens is 4. The standard InChI is InChI=1S/C28H32N6O4/c1-28(2,3)38-27(37)34-15-5-7-23(34)24-29-16-20(31-24)13-10-18-8-11-19(12-9-18)21-17-30-25(32-21)22-6-4-14-33(22)26(35)36/h8-9,11-12,16-17,22-23H,4-7,14-15H2,1-3H3,(H,29,31)(H,30,32)(H,35,36)/t22?,23-/m0/s1. The maximum absolute atomic E-state index is 12.6. The molecule has 1 unspecified atom stereocenters. The third kappa shape index (κ3) is 5.52. The molecular formula is C28H32N6O4. The van der Waals surface area contributed by atoms with Gasteiger partial charge in [-0.1, -0.05) is 18.1 Å². The summed E-state index contributed by atoms with van der Waals surface area (Å²) in [5.41, 5.74) is 2.76. The first-order valence-electron chi connectivity index (χ1n) is 12.9. The van der Waals surface area contributed by atoms with E-state index in [9.17, 15) is 14.7 Å². The van der Waals surface area contributed by atoms with E-state index in [2.05, 4.69) is 31.8 Å². The summed E-state index contributed by atoms with van der Waals surface area (Å²) in [5.74, 6) is 7.66. The Bertz CT molecular complexity index is 1370. The Morgan fingerprint density at radius 1 is 0.947 bits per heavy atom. The van der Waals surface area contributed by atoms with Gasteiger partial charge in [0.05, 0.1) is 30.2 Å². The van der Waals surface area contributed by atoms with Crippen molar-refractivity contribution in [2.75, 3.05) is 13.1 Å². The van der Waals surface area contributed by atoms with E-state index in [1.807, 2.05) is 45.0 Å². The predicted molar refractivity (Wildman–Crippen MR) is 140 cm³/mol. The Morgan fingerprint density at radius 3 is 2.26 bits per heavy atom. The minimum atomic E-state index is -0.915. The number of benzene rings is 1. The number of imidazole rings is 2. The van der Waals surface area contributed by atoms with Crippen molar-refractivity contribution in [2.45, 2.75) is 64.1 Å². The van der Waals surface area contributed by atoms with Gasteiger partial charge in [0.1, 0.15) is 22.9 Å². The zero-order valence-electron chi connectivity index (χ0n) is 21.8. The Balaban J connectivity index is 1.24. The number of hydrogen-bond acceptors (Lipinski definition) is 5. The second-order valence-corrected chi connectivity index (χ2v) is 10.7. The van der Waals surface area contributed by atoms with Crippen molar-refractivity contribution < 1.29 is 19.4 Å². The van der Waals surface area contributed by atoms with Gasteiger partial charge in [-0.25, -0.2) is 19.6 Å². The van der Waals surface area contributed by atoms with Crippen LogP contribution in [0.3, 0.4) is 0 Å². The van der Waals surface area contributed by atoms with Gasteiger partial charge < -0.3 is 19.8 Å².